The second-order valence-electron chi connectivity index (χ2n) is 7.15. The Kier molecular flexibility index (Phi) is 5.77. The molecule has 1 aromatic rings. The Morgan fingerprint density at radius 3 is 2.38 bits per heavy atom. The van der Waals surface area contributed by atoms with Gasteiger partial charge < -0.3 is 9.47 Å². The number of nitrogens with zero attached hydrogens (tertiary/aromatic N) is 1. The van der Waals surface area contributed by atoms with E-state index in [1.807, 2.05) is 6.07 Å². The van der Waals surface area contributed by atoms with Crippen LogP contribution in [0.15, 0.2) is 17.1 Å². The maximum Gasteiger partial charge on any atom is 0.183 e. The van der Waals surface area contributed by atoms with Gasteiger partial charge >= 0.3 is 0 Å². The molecule has 1 aliphatic heterocycles. The number of hydrogen-bond acceptors (Lipinski definition) is 4. The van der Waals surface area contributed by atoms with Gasteiger partial charge in [0, 0.05) is 11.5 Å². The summed E-state index contributed by atoms with van der Waals surface area (Å²) in [5.41, 5.74) is 1.64. The Hall–Kier alpha value is -1.13. The van der Waals surface area contributed by atoms with Gasteiger partial charge in [-0.1, -0.05) is 19.8 Å². The van der Waals surface area contributed by atoms with Crippen molar-refractivity contribution < 1.29 is 13.9 Å². The lowest BCUT2D eigenvalue weighted by atomic mass is 9.76. The van der Waals surface area contributed by atoms with E-state index in [0.717, 1.165) is 5.92 Å². The van der Waals surface area contributed by atoms with E-state index in [0.29, 0.717) is 36.2 Å². The van der Waals surface area contributed by atoms with Crippen LogP contribution in [0.25, 0.3) is 0 Å². The Bertz CT molecular complexity index is 605. The van der Waals surface area contributed by atoms with Crippen molar-refractivity contribution >= 4 is 23.1 Å². The first-order valence-electron chi connectivity index (χ1n) is 8.69. The highest BCUT2D eigenvalue weighted by Crippen LogP contribution is 2.38. The normalized spacial score (nSPS) is 30.6. The molecule has 0 spiro atoms. The second-order valence-corrected chi connectivity index (χ2v) is 7.33. The Labute approximate surface area is 148 Å². The van der Waals surface area contributed by atoms with Gasteiger partial charge in [0.15, 0.2) is 6.29 Å². The topological polar surface area (TPSA) is 30.8 Å². The third kappa shape index (κ3) is 3.92. The van der Waals surface area contributed by atoms with Gasteiger partial charge in [0.25, 0.3) is 0 Å². The fourth-order valence-corrected chi connectivity index (χ4v) is 3.92. The van der Waals surface area contributed by atoms with Gasteiger partial charge in [0.05, 0.1) is 18.4 Å². The van der Waals surface area contributed by atoms with Gasteiger partial charge in [-0.25, -0.2) is 4.39 Å². The first-order valence-corrected chi connectivity index (χ1v) is 9.10. The standard InChI is InChI=1S/C19H24FNO2S/c1-12-3-5-14(6-4-12)16-9-22-19(23-10-16)15-7-13(2)18(21-11-24)17(20)8-15/h7-8,12,14,16,19H,3-6,9-10H2,1-2H3. The lowest BCUT2D eigenvalue weighted by Crippen LogP contribution is -2.34. The van der Waals surface area contributed by atoms with Crippen LogP contribution in [0, 0.1) is 30.5 Å². The summed E-state index contributed by atoms with van der Waals surface area (Å²) >= 11 is 4.56. The van der Waals surface area contributed by atoms with Gasteiger partial charge in [0.2, 0.25) is 0 Å². The highest BCUT2D eigenvalue weighted by Gasteiger charge is 2.32. The second kappa shape index (κ2) is 7.83. The molecule has 5 heteroatoms. The zero-order valence-corrected chi connectivity index (χ0v) is 15.1. The number of rotatable bonds is 3. The molecule has 3 rings (SSSR count). The van der Waals surface area contributed by atoms with Gasteiger partial charge in [-0.15, -0.1) is 0 Å². The van der Waals surface area contributed by atoms with Crippen molar-refractivity contribution in [3.8, 4) is 0 Å². The van der Waals surface area contributed by atoms with Crippen molar-refractivity contribution in [2.45, 2.75) is 45.8 Å². The van der Waals surface area contributed by atoms with Crippen molar-refractivity contribution in [3.63, 3.8) is 0 Å². The fourth-order valence-electron chi connectivity index (χ4n) is 3.83. The van der Waals surface area contributed by atoms with Gasteiger partial charge in [-0.05, 0) is 61.5 Å². The minimum Gasteiger partial charge on any atom is -0.348 e. The van der Waals surface area contributed by atoms with E-state index in [1.165, 1.54) is 31.7 Å². The summed E-state index contributed by atoms with van der Waals surface area (Å²) in [6.45, 7) is 5.50. The largest absolute Gasteiger partial charge is 0.348 e. The summed E-state index contributed by atoms with van der Waals surface area (Å²) < 4.78 is 26.0. The first-order chi connectivity index (χ1) is 11.6. The summed E-state index contributed by atoms with van der Waals surface area (Å²) in [5, 5.41) is 2.22. The minimum atomic E-state index is -0.498. The number of halogens is 1. The van der Waals surface area contributed by atoms with Crippen molar-refractivity contribution in [2.75, 3.05) is 13.2 Å². The Morgan fingerprint density at radius 1 is 1.12 bits per heavy atom. The molecule has 0 bridgehead atoms. The molecule has 1 saturated carbocycles. The van der Waals surface area contributed by atoms with E-state index in [4.69, 9.17) is 9.47 Å². The number of isothiocyanates is 1. The highest BCUT2D eigenvalue weighted by molar-refractivity contribution is 7.78. The van der Waals surface area contributed by atoms with Crippen LogP contribution >= 0.6 is 12.2 Å². The molecule has 0 atom stereocenters. The predicted molar refractivity (Wildman–Crippen MR) is 95.1 cm³/mol. The molecule has 0 unspecified atom stereocenters. The zero-order chi connectivity index (χ0) is 17.1. The smallest absolute Gasteiger partial charge is 0.183 e. The lowest BCUT2D eigenvalue weighted by molar-refractivity contribution is -0.214. The molecule has 1 aliphatic carbocycles. The van der Waals surface area contributed by atoms with Crippen molar-refractivity contribution in [1.82, 2.24) is 0 Å². The molecule has 24 heavy (non-hydrogen) atoms. The van der Waals surface area contributed by atoms with E-state index in [-0.39, 0.29) is 5.69 Å². The summed E-state index contributed by atoms with van der Waals surface area (Å²) in [6.07, 6.45) is 4.64. The van der Waals surface area contributed by atoms with Crippen molar-refractivity contribution in [2.24, 2.45) is 22.7 Å². The van der Waals surface area contributed by atoms with Gasteiger partial charge in [0.1, 0.15) is 11.5 Å². The van der Waals surface area contributed by atoms with E-state index >= 15 is 0 Å². The molecule has 0 N–H and O–H groups in total. The van der Waals surface area contributed by atoms with Crippen LogP contribution in [0.5, 0.6) is 0 Å². The number of ether oxygens (including phenoxy) is 2. The van der Waals surface area contributed by atoms with Crippen LogP contribution in [0.1, 0.15) is 50.0 Å². The first kappa shape index (κ1) is 17.7. The van der Waals surface area contributed by atoms with E-state index < -0.39 is 12.1 Å². The predicted octanol–water partition coefficient (Wildman–Crippen LogP) is 5.36. The van der Waals surface area contributed by atoms with Gasteiger partial charge in [-0.3, -0.25) is 0 Å². The van der Waals surface area contributed by atoms with Crippen LogP contribution in [0.3, 0.4) is 0 Å². The van der Waals surface area contributed by atoms with Crippen LogP contribution in [-0.4, -0.2) is 18.4 Å². The molecule has 1 heterocycles. The summed E-state index contributed by atoms with van der Waals surface area (Å²) in [6, 6.07) is 3.27. The van der Waals surface area contributed by atoms with Crippen LogP contribution in [0.2, 0.25) is 0 Å². The van der Waals surface area contributed by atoms with Gasteiger partial charge in [-0.2, -0.15) is 4.99 Å². The number of aliphatic imine (C=N–C) groups is 1. The molecule has 0 aromatic heterocycles. The van der Waals surface area contributed by atoms with Crippen molar-refractivity contribution in [1.29, 1.82) is 0 Å². The number of aryl methyl sites for hydroxylation is 1. The van der Waals surface area contributed by atoms with Crippen molar-refractivity contribution in [3.05, 3.63) is 29.1 Å². The number of hydrogen-bond donors (Lipinski definition) is 0. The van der Waals surface area contributed by atoms with Crippen LogP contribution < -0.4 is 0 Å². The molecule has 0 radical (unpaired) electrons. The molecular weight excluding hydrogens is 325 g/mol. The van der Waals surface area contributed by atoms with E-state index in [1.54, 1.807) is 6.92 Å². The molecule has 1 saturated heterocycles. The average molecular weight is 349 g/mol. The molecule has 3 nitrogen and oxygen atoms in total. The fraction of sp³-hybridized carbons (Fsp3) is 0.632. The third-order valence-corrected chi connectivity index (χ3v) is 5.45. The molecule has 2 aliphatic rings. The van der Waals surface area contributed by atoms with E-state index in [9.17, 15) is 4.39 Å². The molecule has 1 aromatic carbocycles. The SMILES string of the molecule is Cc1cc(C2OCC(C3CCC(C)CC3)CO2)cc(F)c1N=C=S. The lowest BCUT2D eigenvalue weighted by Gasteiger charge is -2.37. The molecular formula is C19H24FNO2S. The number of thiocarbonyl (C=S) groups is 1. The van der Waals surface area contributed by atoms with Crippen LogP contribution in [-0.2, 0) is 9.47 Å². The maximum atomic E-state index is 14.2. The molecule has 2 fully saturated rings. The molecule has 0 amide bonds. The molecule has 130 valence electrons. The minimum absolute atomic E-state index is 0.235. The Morgan fingerprint density at radius 2 is 1.79 bits per heavy atom. The zero-order valence-electron chi connectivity index (χ0n) is 14.3. The average Bonchev–Trinajstić information content (AvgIpc) is 2.59. The Balaban J connectivity index is 1.63. The summed E-state index contributed by atoms with van der Waals surface area (Å²) in [4.78, 5) is 3.78. The summed E-state index contributed by atoms with van der Waals surface area (Å²) in [5.74, 6) is 1.58. The van der Waals surface area contributed by atoms with E-state index in [2.05, 4.69) is 29.3 Å². The maximum absolute atomic E-state index is 14.2. The highest BCUT2D eigenvalue weighted by atomic mass is 32.1. The number of benzene rings is 1. The quantitative estimate of drug-likeness (QED) is 0.544. The summed E-state index contributed by atoms with van der Waals surface area (Å²) in [7, 11) is 0. The monoisotopic (exact) mass is 349 g/mol. The van der Waals surface area contributed by atoms with Crippen LogP contribution in [0.4, 0.5) is 10.1 Å². The third-order valence-electron chi connectivity index (χ3n) is 5.36.